The number of aromatic nitrogens is 1. The molecule has 4 nitrogen and oxygen atoms in total. The Morgan fingerprint density at radius 1 is 1.08 bits per heavy atom. The Balaban J connectivity index is 1.73. The Hall–Kier alpha value is -3.21. The molecule has 0 bridgehead atoms. The summed E-state index contributed by atoms with van der Waals surface area (Å²) in [5.41, 5.74) is 2.39. The standard InChI is InChI=1S/C19H13FN2O2/c1-11-6-7-12-9-13-10-17(24-19(13)22-16(12)8-11)18(23)21-15-5-3-2-4-14(15)20/h2-10H,1H3,(H,21,23). The highest BCUT2D eigenvalue weighted by molar-refractivity contribution is 6.05. The maximum absolute atomic E-state index is 13.6. The van der Waals surface area contributed by atoms with Crippen molar-refractivity contribution in [1.82, 2.24) is 4.98 Å². The van der Waals surface area contributed by atoms with Crippen molar-refractivity contribution in [2.24, 2.45) is 0 Å². The van der Waals surface area contributed by atoms with Crippen LogP contribution < -0.4 is 5.32 Å². The summed E-state index contributed by atoms with van der Waals surface area (Å²) in [6.07, 6.45) is 0. The summed E-state index contributed by atoms with van der Waals surface area (Å²) < 4.78 is 19.2. The highest BCUT2D eigenvalue weighted by Crippen LogP contribution is 2.24. The Morgan fingerprint density at radius 3 is 2.75 bits per heavy atom. The first-order valence-corrected chi connectivity index (χ1v) is 7.47. The topological polar surface area (TPSA) is 55.1 Å². The third-order valence-corrected chi connectivity index (χ3v) is 3.80. The number of carbonyl (C=O) groups is 1. The van der Waals surface area contributed by atoms with Gasteiger partial charge in [-0.05, 0) is 42.8 Å². The van der Waals surface area contributed by atoms with Crippen LogP contribution >= 0.6 is 0 Å². The number of carbonyl (C=O) groups excluding carboxylic acids is 1. The number of halogens is 1. The van der Waals surface area contributed by atoms with Crippen LogP contribution in [-0.4, -0.2) is 10.9 Å². The first-order valence-electron chi connectivity index (χ1n) is 7.47. The smallest absolute Gasteiger partial charge is 0.291 e. The van der Waals surface area contributed by atoms with E-state index >= 15 is 0 Å². The number of anilines is 1. The van der Waals surface area contributed by atoms with Crippen molar-refractivity contribution < 1.29 is 13.6 Å². The molecule has 0 radical (unpaired) electrons. The van der Waals surface area contributed by atoms with E-state index in [1.165, 1.54) is 12.1 Å². The van der Waals surface area contributed by atoms with Gasteiger partial charge in [-0.25, -0.2) is 9.37 Å². The van der Waals surface area contributed by atoms with E-state index in [9.17, 15) is 9.18 Å². The number of benzene rings is 2. The lowest BCUT2D eigenvalue weighted by molar-refractivity contribution is 0.0998. The first-order chi connectivity index (χ1) is 11.6. The first kappa shape index (κ1) is 14.4. The average Bonchev–Trinajstić information content (AvgIpc) is 2.97. The van der Waals surface area contributed by atoms with Gasteiger partial charge in [0.25, 0.3) is 5.91 Å². The van der Waals surface area contributed by atoms with Crippen molar-refractivity contribution in [2.75, 3.05) is 5.32 Å². The zero-order valence-corrected chi connectivity index (χ0v) is 12.8. The lowest BCUT2D eigenvalue weighted by Gasteiger charge is -2.03. The van der Waals surface area contributed by atoms with Gasteiger partial charge in [-0.15, -0.1) is 0 Å². The normalized spacial score (nSPS) is 11.1. The predicted octanol–water partition coefficient (Wildman–Crippen LogP) is 4.68. The zero-order valence-electron chi connectivity index (χ0n) is 12.8. The van der Waals surface area contributed by atoms with Crippen LogP contribution in [-0.2, 0) is 0 Å². The number of aryl methyl sites for hydroxylation is 1. The average molecular weight is 320 g/mol. The van der Waals surface area contributed by atoms with Crippen LogP contribution in [0.1, 0.15) is 16.1 Å². The van der Waals surface area contributed by atoms with Crippen molar-refractivity contribution in [3.63, 3.8) is 0 Å². The summed E-state index contributed by atoms with van der Waals surface area (Å²) in [5, 5.41) is 4.20. The van der Waals surface area contributed by atoms with Gasteiger partial charge < -0.3 is 9.73 Å². The number of hydrogen-bond donors (Lipinski definition) is 1. The van der Waals surface area contributed by atoms with Crippen LogP contribution in [0, 0.1) is 12.7 Å². The number of fused-ring (bicyclic) bond motifs is 2. The lowest BCUT2D eigenvalue weighted by Crippen LogP contribution is -2.11. The number of para-hydroxylation sites is 1. The zero-order chi connectivity index (χ0) is 16.7. The van der Waals surface area contributed by atoms with Crippen molar-refractivity contribution in [3.05, 3.63) is 71.7 Å². The van der Waals surface area contributed by atoms with E-state index in [4.69, 9.17) is 4.42 Å². The van der Waals surface area contributed by atoms with E-state index in [0.29, 0.717) is 5.71 Å². The van der Waals surface area contributed by atoms with E-state index in [-0.39, 0.29) is 11.4 Å². The summed E-state index contributed by atoms with van der Waals surface area (Å²) in [4.78, 5) is 16.7. The Bertz CT molecular complexity index is 1090. The molecule has 5 heteroatoms. The van der Waals surface area contributed by atoms with Crippen LogP contribution in [0.25, 0.3) is 22.0 Å². The monoisotopic (exact) mass is 320 g/mol. The molecule has 1 amide bonds. The summed E-state index contributed by atoms with van der Waals surface area (Å²) in [6, 6.07) is 15.4. The predicted molar refractivity (Wildman–Crippen MR) is 90.6 cm³/mol. The third-order valence-electron chi connectivity index (χ3n) is 3.80. The van der Waals surface area contributed by atoms with E-state index < -0.39 is 11.7 Å². The van der Waals surface area contributed by atoms with E-state index in [2.05, 4.69) is 10.3 Å². The molecule has 2 heterocycles. The molecule has 0 fully saturated rings. The molecule has 2 aromatic heterocycles. The molecule has 0 saturated carbocycles. The second-order valence-electron chi connectivity index (χ2n) is 5.62. The molecule has 4 aromatic rings. The number of nitrogens with one attached hydrogen (secondary N) is 1. The molecule has 2 aromatic carbocycles. The minimum atomic E-state index is -0.515. The maximum Gasteiger partial charge on any atom is 0.291 e. The van der Waals surface area contributed by atoms with E-state index in [1.54, 1.807) is 18.2 Å². The fourth-order valence-corrected chi connectivity index (χ4v) is 2.59. The highest BCUT2D eigenvalue weighted by Gasteiger charge is 2.15. The minimum Gasteiger partial charge on any atom is -0.433 e. The molecule has 1 N–H and O–H groups in total. The van der Waals surface area contributed by atoms with E-state index in [0.717, 1.165) is 21.9 Å². The van der Waals surface area contributed by atoms with Crippen LogP contribution in [0.2, 0.25) is 0 Å². The van der Waals surface area contributed by atoms with Crippen molar-refractivity contribution in [1.29, 1.82) is 0 Å². The van der Waals surface area contributed by atoms with Gasteiger partial charge in [-0.1, -0.05) is 24.3 Å². The molecule has 0 saturated heterocycles. The molecule has 0 unspecified atom stereocenters. The number of rotatable bonds is 2. The van der Waals surface area contributed by atoms with Crippen LogP contribution in [0.3, 0.4) is 0 Å². The largest absolute Gasteiger partial charge is 0.433 e. The lowest BCUT2D eigenvalue weighted by atomic mass is 10.1. The molecular weight excluding hydrogens is 307 g/mol. The van der Waals surface area contributed by atoms with Gasteiger partial charge in [0.2, 0.25) is 5.71 Å². The molecule has 24 heavy (non-hydrogen) atoms. The summed E-state index contributed by atoms with van der Waals surface area (Å²) in [6.45, 7) is 1.99. The molecular formula is C19H13FN2O2. The SMILES string of the molecule is Cc1ccc2cc3cc(C(=O)Nc4ccccc4F)oc3nc2c1. The molecule has 0 aliphatic heterocycles. The number of pyridine rings is 1. The summed E-state index contributed by atoms with van der Waals surface area (Å²) >= 11 is 0. The Kier molecular flexibility index (Phi) is 3.27. The number of nitrogens with zero attached hydrogens (tertiary/aromatic N) is 1. The van der Waals surface area contributed by atoms with Gasteiger partial charge in [0.05, 0.1) is 11.2 Å². The van der Waals surface area contributed by atoms with Gasteiger partial charge in [-0.3, -0.25) is 4.79 Å². The summed E-state index contributed by atoms with van der Waals surface area (Å²) in [5.74, 6) is -0.924. The Morgan fingerprint density at radius 2 is 1.92 bits per heavy atom. The van der Waals surface area contributed by atoms with Crippen molar-refractivity contribution in [3.8, 4) is 0 Å². The van der Waals surface area contributed by atoms with Crippen LogP contribution in [0.4, 0.5) is 10.1 Å². The number of furan rings is 1. The van der Waals surface area contributed by atoms with Gasteiger partial charge in [0, 0.05) is 10.8 Å². The van der Waals surface area contributed by atoms with Gasteiger partial charge in [0.15, 0.2) is 5.76 Å². The maximum atomic E-state index is 13.6. The molecule has 0 atom stereocenters. The summed E-state index contributed by atoms with van der Waals surface area (Å²) in [7, 11) is 0. The second kappa shape index (κ2) is 5.45. The molecule has 0 aliphatic carbocycles. The number of hydrogen-bond acceptors (Lipinski definition) is 3. The quantitative estimate of drug-likeness (QED) is 0.583. The minimum absolute atomic E-state index is 0.0905. The van der Waals surface area contributed by atoms with Crippen LogP contribution in [0.5, 0.6) is 0 Å². The fourth-order valence-electron chi connectivity index (χ4n) is 2.59. The van der Waals surface area contributed by atoms with Crippen molar-refractivity contribution >= 4 is 33.6 Å². The van der Waals surface area contributed by atoms with E-state index in [1.807, 2.05) is 31.2 Å². The van der Waals surface area contributed by atoms with Gasteiger partial charge >= 0.3 is 0 Å². The highest BCUT2D eigenvalue weighted by atomic mass is 19.1. The molecule has 0 aliphatic rings. The second-order valence-corrected chi connectivity index (χ2v) is 5.62. The third kappa shape index (κ3) is 2.50. The molecule has 4 rings (SSSR count). The van der Waals surface area contributed by atoms with Crippen LogP contribution in [0.15, 0.2) is 59.0 Å². The molecule has 118 valence electrons. The number of amides is 1. The van der Waals surface area contributed by atoms with Gasteiger partial charge in [-0.2, -0.15) is 0 Å². The Labute approximate surface area is 136 Å². The van der Waals surface area contributed by atoms with Crippen molar-refractivity contribution in [2.45, 2.75) is 6.92 Å². The fraction of sp³-hybridized carbons (Fsp3) is 0.0526. The molecule has 0 spiro atoms. The van der Waals surface area contributed by atoms with Gasteiger partial charge in [0.1, 0.15) is 5.82 Å².